The molecule has 26 heavy (non-hydrogen) atoms. The van der Waals surface area contributed by atoms with Crippen molar-refractivity contribution in [2.45, 2.75) is 12.8 Å². The standard InChI is InChI=1S/C16H16N2O8/c19-11-1-2-12(20)17(11)7-9-25-15(23)5-6-16(24)26-10-8-18-13(21)3-4-14(18)22/h1-4H,5-10H2. The van der Waals surface area contributed by atoms with Crippen molar-refractivity contribution in [2.24, 2.45) is 0 Å². The number of hydrogen-bond donors (Lipinski definition) is 0. The van der Waals surface area contributed by atoms with Crippen molar-refractivity contribution in [3.63, 3.8) is 0 Å². The Labute approximate surface area is 148 Å². The minimum Gasteiger partial charge on any atom is -0.464 e. The van der Waals surface area contributed by atoms with Gasteiger partial charge in [-0.25, -0.2) is 0 Å². The average Bonchev–Trinajstić information content (AvgIpc) is 3.09. The summed E-state index contributed by atoms with van der Waals surface area (Å²) in [5, 5.41) is 0. The molecule has 0 radical (unpaired) electrons. The van der Waals surface area contributed by atoms with Gasteiger partial charge >= 0.3 is 11.9 Å². The van der Waals surface area contributed by atoms with Crippen molar-refractivity contribution in [3.05, 3.63) is 24.3 Å². The second-order valence-corrected chi connectivity index (χ2v) is 5.26. The summed E-state index contributed by atoms with van der Waals surface area (Å²) >= 11 is 0. The van der Waals surface area contributed by atoms with Crippen molar-refractivity contribution in [2.75, 3.05) is 26.3 Å². The first-order valence-corrected chi connectivity index (χ1v) is 7.77. The molecule has 2 rings (SSSR count). The van der Waals surface area contributed by atoms with Gasteiger partial charge in [-0.1, -0.05) is 0 Å². The van der Waals surface area contributed by atoms with E-state index in [2.05, 4.69) is 0 Å². The molecule has 0 spiro atoms. The highest BCUT2D eigenvalue weighted by Gasteiger charge is 2.24. The van der Waals surface area contributed by atoms with E-state index in [0.717, 1.165) is 34.1 Å². The topological polar surface area (TPSA) is 127 Å². The Hall–Kier alpha value is -3.30. The number of rotatable bonds is 9. The van der Waals surface area contributed by atoms with E-state index in [0.29, 0.717) is 0 Å². The maximum absolute atomic E-state index is 11.5. The molecule has 0 saturated carbocycles. The molecule has 2 aliphatic heterocycles. The van der Waals surface area contributed by atoms with E-state index in [9.17, 15) is 28.8 Å². The molecule has 0 aromatic carbocycles. The maximum atomic E-state index is 11.5. The molecule has 10 heteroatoms. The van der Waals surface area contributed by atoms with E-state index in [1.54, 1.807) is 0 Å². The van der Waals surface area contributed by atoms with E-state index in [1.165, 1.54) is 0 Å². The highest BCUT2D eigenvalue weighted by atomic mass is 16.5. The van der Waals surface area contributed by atoms with Gasteiger partial charge in [-0.15, -0.1) is 0 Å². The van der Waals surface area contributed by atoms with Crippen LogP contribution in [0.25, 0.3) is 0 Å². The van der Waals surface area contributed by atoms with Crippen molar-refractivity contribution < 1.29 is 38.2 Å². The van der Waals surface area contributed by atoms with Gasteiger partial charge in [0.25, 0.3) is 23.6 Å². The van der Waals surface area contributed by atoms with Gasteiger partial charge in [-0.3, -0.25) is 38.6 Å². The van der Waals surface area contributed by atoms with Crippen LogP contribution in [0.15, 0.2) is 24.3 Å². The number of imide groups is 2. The van der Waals surface area contributed by atoms with E-state index >= 15 is 0 Å². The Balaban J connectivity index is 1.55. The maximum Gasteiger partial charge on any atom is 0.306 e. The molecule has 4 amide bonds. The fourth-order valence-electron chi connectivity index (χ4n) is 2.15. The fourth-order valence-corrected chi connectivity index (χ4v) is 2.15. The summed E-state index contributed by atoms with van der Waals surface area (Å²) < 4.78 is 9.68. The number of esters is 2. The van der Waals surface area contributed by atoms with Crippen molar-refractivity contribution in [1.29, 1.82) is 0 Å². The van der Waals surface area contributed by atoms with E-state index in [1.807, 2.05) is 0 Å². The summed E-state index contributed by atoms with van der Waals surface area (Å²) in [6.45, 7) is -0.460. The first-order valence-electron chi connectivity index (χ1n) is 7.77. The molecule has 0 saturated heterocycles. The minimum absolute atomic E-state index is 0.0627. The third-order valence-corrected chi connectivity index (χ3v) is 3.49. The molecule has 0 aliphatic carbocycles. The van der Waals surface area contributed by atoms with Gasteiger partial charge in [0, 0.05) is 24.3 Å². The molecule has 10 nitrogen and oxygen atoms in total. The SMILES string of the molecule is O=C(CCC(=O)OCCN1C(=O)C=CC1=O)OCCN1C(=O)C=CC1=O. The molecule has 0 bridgehead atoms. The predicted octanol–water partition coefficient (Wildman–Crippen LogP) is -1.30. The number of amides is 4. The van der Waals surface area contributed by atoms with Crippen LogP contribution in [0.2, 0.25) is 0 Å². The van der Waals surface area contributed by atoms with Crippen LogP contribution < -0.4 is 0 Å². The van der Waals surface area contributed by atoms with Crippen LogP contribution in [0.5, 0.6) is 0 Å². The van der Waals surface area contributed by atoms with Gasteiger partial charge < -0.3 is 9.47 Å². The number of nitrogens with zero attached hydrogens (tertiary/aromatic N) is 2. The summed E-state index contributed by atoms with van der Waals surface area (Å²) in [5.41, 5.74) is 0. The Morgan fingerprint density at radius 3 is 1.27 bits per heavy atom. The molecule has 0 aromatic rings. The zero-order chi connectivity index (χ0) is 19.1. The highest BCUT2D eigenvalue weighted by molar-refractivity contribution is 6.13. The summed E-state index contributed by atoms with van der Waals surface area (Å²) in [5.74, 6) is -3.25. The lowest BCUT2D eigenvalue weighted by atomic mass is 10.3. The lowest BCUT2D eigenvalue weighted by Crippen LogP contribution is -2.34. The van der Waals surface area contributed by atoms with Crippen LogP contribution in [0.3, 0.4) is 0 Å². The largest absolute Gasteiger partial charge is 0.464 e. The molecule has 138 valence electrons. The normalized spacial score (nSPS) is 16.0. The van der Waals surface area contributed by atoms with Crippen LogP contribution in [0.1, 0.15) is 12.8 Å². The smallest absolute Gasteiger partial charge is 0.306 e. The van der Waals surface area contributed by atoms with Gasteiger partial charge in [-0.2, -0.15) is 0 Å². The molecule has 2 aliphatic rings. The Bertz CT molecular complexity index is 613. The summed E-state index contributed by atoms with van der Waals surface area (Å²) in [6, 6.07) is 0. The zero-order valence-corrected chi connectivity index (χ0v) is 13.7. The van der Waals surface area contributed by atoms with Gasteiger partial charge in [0.1, 0.15) is 13.2 Å². The van der Waals surface area contributed by atoms with Gasteiger partial charge in [0.2, 0.25) is 0 Å². The van der Waals surface area contributed by atoms with E-state index in [4.69, 9.17) is 9.47 Å². The zero-order valence-electron chi connectivity index (χ0n) is 13.7. The van der Waals surface area contributed by atoms with Crippen LogP contribution in [-0.2, 0) is 38.2 Å². The van der Waals surface area contributed by atoms with E-state index < -0.39 is 35.6 Å². The van der Waals surface area contributed by atoms with Crippen LogP contribution in [-0.4, -0.2) is 71.7 Å². The lowest BCUT2D eigenvalue weighted by Gasteiger charge is -2.14. The average molecular weight is 364 g/mol. The second-order valence-electron chi connectivity index (χ2n) is 5.26. The molecule has 0 fully saturated rings. The number of ether oxygens (including phenoxy) is 2. The third kappa shape index (κ3) is 5.10. The van der Waals surface area contributed by atoms with Gasteiger partial charge in [-0.05, 0) is 0 Å². The Morgan fingerprint density at radius 1 is 0.654 bits per heavy atom. The summed E-state index contributed by atoms with van der Waals surface area (Å²) in [6.07, 6.45) is 4.03. The molecule has 0 unspecified atom stereocenters. The molecule has 2 heterocycles. The van der Waals surface area contributed by atoms with Gasteiger partial charge in [0.05, 0.1) is 25.9 Å². The monoisotopic (exact) mass is 364 g/mol. The first-order chi connectivity index (χ1) is 12.4. The highest BCUT2D eigenvalue weighted by Crippen LogP contribution is 2.04. The molecule has 0 N–H and O–H groups in total. The van der Waals surface area contributed by atoms with Crippen LogP contribution in [0, 0.1) is 0 Å². The quantitative estimate of drug-likeness (QED) is 0.365. The fraction of sp³-hybridized carbons (Fsp3) is 0.375. The number of carbonyl (C=O) groups excluding carboxylic acids is 6. The summed E-state index contributed by atoms with van der Waals surface area (Å²) in [7, 11) is 0. The van der Waals surface area contributed by atoms with Crippen molar-refractivity contribution in [1.82, 2.24) is 9.80 Å². The van der Waals surface area contributed by atoms with Crippen molar-refractivity contribution >= 4 is 35.6 Å². The Kier molecular flexibility index (Phi) is 6.36. The number of carbonyl (C=O) groups is 6. The molecule has 0 atom stereocenters. The van der Waals surface area contributed by atoms with E-state index in [-0.39, 0.29) is 39.1 Å². The van der Waals surface area contributed by atoms with Crippen LogP contribution >= 0.6 is 0 Å². The molecule has 0 aromatic heterocycles. The van der Waals surface area contributed by atoms with Gasteiger partial charge in [0.15, 0.2) is 0 Å². The molecular formula is C16H16N2O8. The second kappa shape index (κ2) is 8.70. The first kappa shape index (κ1) is 19.0. The van der Waals surface area contributed by atoms with Crippen LogP contribution in [0.4, 0.5) is 0 Å². The molecular weight excluding hydrogens is 348 g/mol. The van der Waals surface area contributed by atoms with Crippen molar-refractivity contribution in [3.8, 4) is 0 Å². The lowest BCUT2D eigenvalue weighted by molar-refractivity contribution is -0.152. The minimum atomic E-state index is -0.678. The number of hydrogen-bond acceptors (Lipinski definition) is 8. The third-order valence-electron chi connectivity index (χ3n) is 3.49. The summed E-state index contributed by atoms with van der Waals surface area (Å²) in [4.78, 5) is 70.0. The predicted molar refractivity (Wildman–Crippen MR) is 82.9 cm³/mol. The Morgan fingerprint density at radius 2 is 0.962 bits per heavy atom.